The van der Waals surface area contributed by atoms with Gasteiger partial charge in [0.2, 0.25) is 0 Å². The van der Waals surface area contributed by atoms with E-state index in [0.29, 0.717) is 6.04 Å². The third-order valence-electron chi connectivity index (χ3n) is 2.84. The van der Waals surface area contributed by atoms with Crippen LogP contribution in [0.15, 0.2) is 4.47 Å². The van der Waals surface area contributed by atoms with E-state index in [0.717, 1.165) is 32.4 Å². The van der Waals surface area contributed by atoms with Crippen LogP contribution in [0, 0.1) is 0 Å². The molecule has 0 saturated carbocycles. The monoisotopic (exact) mass is 301 g/mol. The van der Waals surface area contributed by atoms with Gasteiger partial charge in [0.15, 0.2) is 0 Å². The normalized spacial score (nSPS) is 11.4. The molecule has 1 N–H and O–H groups in total. The Bertz CT molecular complexity index is 345. The van der Waals surface area contributed by atoms with Gasteiger partial charge in [-0.3, -0.25) is 4.68 Å². The predicted octanol–water partition coefficient (Wildman–Crippen LogP) is 3.16. The summed E-state index contributed by atoms with van der Waals surface area (Å²) in [5.74, 6) is 0. The Morgan fingerprint density at radius 3 is 2.59 bits per heavy atom. The van der Waals surface area contributed by atoms with Crippen molar-refractivity contribution in [3.05, 3.63) is 15.9 Å². The van der Waals surface area contributed by atoms with E-state index in [1.807, 2.05) is 0 Å². The van der Waals surface area contributed by atoms with Crippen LogP contribution in [0.25, 0.3) is 0 Å². The van der Waals surface area contributed by atoms with Crippen molar-refractivity contribution in [3.8, 4) is 0 Å². The molecular weight excluding hydrogens is 278 g/mol. The van der Waals surface area contributed by atoms with Gasteiger partial charge in [-0.05, 0) is 48.7 Å². The van der Waals surface area contributed by atoms with Gasteiger partial charge in [-0.15, -0.1) is 0 Å². The summed E-state index contributed by atoms with van der Waals surface area (Å²) in [6, 6.07) is 0.570. The lowest BCUT2D eigenvalue weighted by Crippen LogP contribution is -2.24. The molecule has 0 aromatic carbocycles. The molecule has 1 aromatic rings. The Hall–Kier alpha value is -0.350. The van der Waals surface area contributed by atoms with E-state index in [1.54, 1.807) is 0 Å². The predicted molar refractivity (Wildman–Crippen MR) is 76.4 cm³/mol. The number of halogens is 1. The van der Waals surface area contributed by atoms with Crippen LogP contribution in [0.3, 0.4) is 0 Å². The summed E-state index contributed by atoms with van der Waals surface area (Å²) in [7, 11) is 0. The van der Waals surface area contributed by atoms with Gasteiger partial charge in [0.1, 0.15) is 0 Å². The molecule has 1 aromatic heterocycles. The second kappa shape index (κ2) is 7.17. The lowest BCUT2D eigenvalue weighted by Gasteiger charge is -2.09. The summed E-state index contributed by atoms with van der Waals surface area (Å²) in [6.07, 6.45) is 3.23. The second-order valence-electron chi connectivity index (χ2n) is 4.59. The van der Waals surface area contributed by atoms with E-state index < -0.39 is 0 Å². The van der Waals surface area contributed by atoms with Gasteiger partial charge in [0, 0.05) is 12.6 Å². The molecule has 1 rings (SSSR count). The van der Waals surface area contributed by atoms with Gasteiger partial charge >= 0.3 is 0 Å². The van der Waals surface area contributed by atoms with Gasteiger partial charge in [-0.1, -0.05) is 20.8 Å². The molecular formula is C13H24BrN3. The fourth-order valence-corrected chi connectivity index (χ4v) is 2.67. The van der Waals surface area contributed by atoms with E-state index in [4.69, 9.17) is 0 Å². The highest BCUT2D eigenvalue weighted by molar-refractivity contribution is 9.10. The van der Waals surface area contributed by atoms with Crippen LogP contribution < -0.4 is 5.32 Å². The first kappa shape index (κ1) is 14.7. The van der Waals surface area contributed by atoms with Crippen LogP contribution in [0.2, 0.25) is 0 Å². The van der Waals surface area contributed by atoms with E-state index in [9.17, 15) is 0 Å². The summed E-state index contributed by atoms with van der Waals surface area (Å²) >= 11 is 3.68. The number of aromatic nitrogens is 2. The highest BCUT2D eigenvalue weighted by Gasteiger charge is 2.12. The molecule has 0 saturated heterocycles. The average Bonchev–Trinajstić information content (AvgIpc) is 2.61. The smallest absolute Gasteiger partial charge is 0.0766 e. The number of hydrogen-bond acceptors (Lipinski definition) is 2. The SMILES string of the molecule is CCc1nn(CC)c(CCCNC(C)C)c1Br. The van der Waals surface area contributed by atoms with E-state index in [2.05, 4.69) is 58.7 Å². The van der Waals surface area contributed by atoms with E-state index in [-0.39, 0.29) is 0 Å². The van der Waals surface area contributed by atoms with Crippen molar-refractivity contribution < 1.29 is 0 Å². The van der Waals surface area contributed by atoms with Crippen LogP contribution in [0.5, 0.6) is 0 Å². The molecule has 0 aliphatic heterocycles. The van der Waals surface area contributed by atoms with Gasteiger partial charge in [0.05, 0.1) is 15.9 Å². The summed E-state index contributed by atoms with van der Waals surface area (Å²) < 4.78 is 3.34. The number of nitrogens with one attached hydrogen (secondary N) is 1. The van der Waals surface area contributed by atoms with Crippen molar-refractivity contribution in [2.75, 3.05) is 6.54 Å². The van der Waals surface area contributed by atoms with E-state index in [1.165, 1.54) is 15.9 Å². The quantitative estimate of drug-likeness (QED) is 0.784. The Balaban J connectivity index is 2.59. The van der Waals surface area contributed by atoms with Gasteiger partial charge in [-0.2, -0.15) is 5.10 Å². The first-order valence-electron chi connectivity index (χ1n) is 6.57. The molecule has 0 atom stereocenters. The average molecular weight is 302 g/mol. The van der Waals surface area contributed by atoms with Gasteiger partial charge in [-0.25, -0.2) is 0 Å². The Morgan fingerprint density at radius 1 is 1.35 bits per heavy atom. The van der Waals surface area contributed by atoms with Crippen molar-refractivity contribution >= 4 is 15.9 Å². The minimum Gasteiger partial charge on any atom is -0.315 e. The zero-order valence-corrected chi connectivity index (χ0v) is 13.0. The standard InChI is InChI=1S/C13H24BrN3/c1-5-11-13(14)12(17(6-2)16-11)8-7-9-15-10(3)4/h10,15H,5-9H2,1-4H3. The lowest BCUT2D eigenvalue weighted by molar-refractivity contribution is 0.551. The molecule has 17 heavy (non-hydrogen) atoms. The van der Waals surface area contributed by atoms with Crippen molar-refractivity contribution in [2.45, 2.75) is 59.5 Å². The maximum atomic E-state index is 4.61. The molecule has 0 aliphatic carbocycles. The van der Waals surface area contributed by atoms with Gasteiger partial charge in [0.25, 0.3) is 0 Å². The molecule has 0 aliphatic rings. The largest absolute Gasteiger partial charge is 0.315 e. The summed E-state index contributed by atoms with van der Waals surface area (Å²) in [5, 5.41) is 8.06. The maximum Gasteiger partial charge on any atom is 0.0766 e. The van der Waals surface area contributed by atoms with Crippen molar-refractivity contribution in [2.24, 2.45) is 0 Å². The lowest BCUT2D eigenvalue weighted by atomic mass is 10.2. The highest BCUT2D eigenvalue weighted by atomic mass is 79.9. The molecule has 3 nitrogen and oxygen atoms in total. The minimum absolute atomic E-state index is 0.570. The molecule has 0 amide bonds. The molecule has 98 valence electrons. The summed E-state index contributed by atoms with van der Waals surface area (Å²) in [5.41, 5.74) is 2.52. The molecule has 1 heterocycles. The molecule has 0 unspecified atom stereocenters. The second-order valence-corrected chi connectivity index (χ2v) is 5.38. The Kier molecular flexibility index (Phi) is 6.20. The number of nitrogens with zero attached hydrogens (tertiary/aromatic N) is 2. The highest BCUT2D eigenvalue weighted by Crippen LogP contribution is 2.23. The molecule has 0 fully saturated rings. The fourth-order valence-electron chi connectivity index (χ4n) is 1.90. The zero-order chi connectivity index (χ0) is 12.8. The molecule has 0 spiro atoms. The number of hydrogen-bond donors (Lipinski definition) is 1. The number of rotatable bonds is 7. The van der Waals surface area contributed by atoms with Crippen molar-refractivity contribution in [3.63, 3.8) is 0 Å². The molecule has 4 heteroatoms. The number of aryl methyl sites for hydroxylation is 2. The zero-order valence-electron chi connectivity index (χ0n) is 11.4. The van der Waals surface area contributed by atoms with Crippen LogP contribution in [-0.2, 0) is 19.4 Å². The minimum atomic E-state index is 0.570. The first-order chi connectivity index (χ1) is 8.10. The molecule has 0 bridgehead atoms. The third-order valence-corrected chi connectivity index (χ3v) is 3.75. The van der Waals surface area contributed by atoms with Crippen molar-refractivity contribution in [1.29, 1.82) is 0 Å². The summed E-state index contributed by atoms with van der Waals surface area (Å²) in [4.78, 5) is 0. The Labute approximate surface area is 113 Å². The third kappa shape index (κ3) is 4.11. The summed E-state index contributed by atoms with van der Waals surface area (Å²) in [6.45, 7) is 10.7. The topological polar surface area (TPSA) is 29.9 Å². The Morgan fingerprint density at radius 2 is 2.06 bits per heavy atom. The van der Waals surface area contributed by atoms with Crippen molar-refractivity contribution in [1.82, 2.24) is 15.1 Å². The fraction of sp³-hybridized carbons (Fsp3) is 0.769. The first-order valence-corrected chi connectivity index (χ1v) is 7.36. The van der Waals surface area contributed by atoms with Crippen LogP contribution in [0.4, 0.5) is 0 Å². The maximum absolute atomic E-state index is 4.61. The van der Waals surface area contributed by atoms with Gasteiger partial charge < -0.3 is 5.32 Å². The van der Waals surface area contributed by atoms with Crippen LogP contribution >= 0.6 is 15.9 Å². The van der Waals surface area contributed by atoms with Crippen LogP contribution in [0.1, 0.15) is 45.5 Å². The van der Waals surface area contributed by atoms with E-state index >= 15 is 0 Å². The molecule has 0 radical (unpaired) electrons. The van der Waals surface area contributed by atoms with Crippen LogP contribution in [-0.4, -0.2) is 22.4 Å².